The van der Waals surface area contributed by atoms with Crippen molar-refractivity contribution in [1.82, 2.24) is 14.3 Å². The van der Waals surface area contributed by atoms with Gasteiger partial charge >= 0.3 is 0 Å². The van der Waals surface area contributed by atoms with Crippen LogP contribution in [0.15, 0.2) is 29.2 Å². The van der Waals surface area contributed by atoms with Crippen LogP contribution in [0.4, 0.5) is 11.8 Å². The molecule has 0 spiro atoms. The minimum absolute atomic E-state index is 0.379. The van der Waals surface area contributed by atoms with E-state index in [-0.39, 0.29) is 0 Å². The molecule has 162 valence electrons. The van der Waals surface area contributed by atoms with Crippen molar-refractivity contribution in [3.63, 3.8) is 0 Å². The first-order chi connectivity index (χ1) is 14.3. The molecule has 0 bridgehead atoms. The molecule has 2 aliphatic heterocycles. The molecule has 0 unspecified atom stereocenters. The van der Waals surface area contributed by atoms with Crippen LogP contribution < -0.4 is 9.80 Å². The van der Waals surface area contributed by atoms with Crippen LogP contribution in [0.2, 0.25) is 0 Å². The number of piperidine rings is 1. The van der Waals surface area contributed by atoms with Gasteiger partial charge in [0.1, 0.15) is 5.82 Å². The van der Waals surface area contributed by atoms with Crippen molar-refractivity contribution in [2.75, 3.05) is 49.1 Å². The fraction of sp³-hybridized carbons (Fsp3) is 0.545. The van der Waals surface area contributed by atoms with Crippen LogP contribution in [-0.2, 0) is 10.0 Å². The molecule has 2 aromatic rings. The summed E-state index contributed by atoms with van der Waals surface area (Å²) in [6.45, 7) is 10.1. The standard InChI is InChI=1S/C22H31N5O2S/c1-17-7-8-20(15-18(17)2)30(28,29)27-13-11-25(12-14-27)21-16-19(3)23-22(24-21)26-9-5-4-6-10-26/h7-8,15-16H,4-6,9-14H2,1-3H3. The fourth-order valence-electron chi connectivity index (χ4n) is 4.11. The van der Waals surface area contributed by atoms with Gasteiger partial charge in [0.15, 0.2) is 0 Å². The number of aryl methyl sites for hydroxylation is 3. The molecule has 8 heteroatoms. The van der Waals surface area contributed by atoms with E-state index in [0.717, 1.165) is 41.7 Å². The summed E-state index contributed by atoms with van der Waals surface area (Å²) < 4.78 is 27.8. The molecule has 0 N–H and O–H groups in total. The molecule has 2 fully saturated rings. The molecule has 4 rings (SSSR count). The van der Waals surface area contributed by atoms with Gasteiger partial charge in [-0.3, -0.25) is 0 Å². The van der Waals surface area contributed by atoms with Crippen molar-refractivity contribution in [3.05, 3.63) is 41.1 Å². The number of aromatic nitrogens is 2. The van der Waals surface area contributed by atoms with E-state index in [1.54, 1.807) is 16.4 Å². The number of anilines is 2. The fourth-order valence-corrected chi connectivity index (χ4v) is 5.62. The molecule has 30 heavy (non-hydrogen) atoms. The first-order valence-corrected chi connectivity index (χ1v) is 12.2. The van der Waals surface area contributed by atoms with Gasteiger partial charge in [-0.05, 0) is 63.3 Å². The van der Waals surface area contributed by atoms with Gasteiger partial charge in [0.25, 0.3) is 0 Å². The Morgan fingerprint density at radius 1 is 0.767 bits per heavy atom. The first-order valence-electron chi connectivity index (χ1n) is 10.8. The van der Waals surface area contributed by atoms with Crippen molar-refractivity contribution in [2.24, 2.45) is 0 Å². The van der Waals surface area contributed by atoms with Crippen molar-refractivity contribution in [2.45, 2.75) is 44.9 Å². The SMILES string of the molecule is Cc1cc(N2CCN(S(=O)(=O)c3ccc(C)c(C)c3)CC2)nc(N2CCCCC2)n1. The molecular formula is C22H31N5O2S. The largest absolute Gasteiger partial charge is 0.354 e. The zero-order chi connectivity index (χ0) is 21.3. The van der Waals surface area contributed by atoms with Crippen LogP contribution in [0.1, 0.15) is 36.1 Å². The van der Waals surface area contributed by atoms with Crippen molar-refractivity contribution in [1.29, 1.82) is 0 Å². The van der Waals surface area contributed by atoms with E-state index < -0.39 is 10.0 Å². The summed E-state index contributed by atoms with van der Waals surface area (Å²) in [6.07, 6.45) is 3.63. The number of hydrogen-bond donors (Lipinski definition) is 0. The molecule has 3 heterocycles. The number of nitrogens with zero attached hydrogens (tertiary/aromatic N) is 5. The number of sulfonamides is 1. The van der Waals surface area contributed by atoms with E-state index in [1.165, 1.54) is 19.3 Å². The maximum atomic E-state index is 13.1. The lowest BCUT2D eigenvalue weighted by Gasteiger charge is -2.35. The van der Waals surface area contributed by atoms with Crippen molar-refractivity contribution < 1.29 is 8.42 Å². The Morgan fingerprint density at radius 2 is 1.47 bits per heavy atom. The average Bonchev–Trinajstić information content (AvgIpc) is 2.76. The Balaban J connectivity index is 1.48. The summed E-state index contributed by atoms with van der Waals surface area (Å²) in [5.74, 6) is 1.70. The predicted molar refractivity (Wildman–Crippen MR) is 120 cm³/mol. The third kappa shape index (κ3) is 4.30. The van der Waals surface area contributed by atoms with E-state index >= 15 is 0 Å². The van der Waals surface area contributed by atoms with E-state index in [1.807, 2.05) is 32.9 Å². The second-order valence-electron chi connectivity index (χ2n) is 8.35. The number of piperazine rings is 1. The van der Waals surface area contributed by atoms with E-state index in [2.05, 4.69) is 14.8 Å². The summed E-state index contributed by atoms with van der Waals surface area (Å²) >= 11 is 0. The second kappa shape index (κ2) is 8.51. The molecular weight excluding hydrogens is 398 g/mol. The number of rotatable bonds is 4. The molecule has 0 radical (unpaired) electrons. The van der Waals surface area contributed by atoms with Gasteiger partial charge < -0.3 is 9.80 Å². The smallest absolute Gasteiger partial charge is 0.243 e. The van der Waals surface area contributed by atoms with Gasteiger partial charge in [0.05, 0.1) is 4.90 Å². The summed E-state index contributed by atoms with van der Waals surface area (Å²) in [5, 5.41) is 0. The van der Waals surface area contributed by atoms with Crippen LogP contribution in [0, 0.1) is 20.8 Å². The quantitative estimate of drug-likeness (QED) is 0.744. The van der Waals surface area contributed by atoms with Crippen LogP contribution in [0.5, 0.6) is 0 Å². The monoisotopic (exact) mass is 429 g/mol. The van der Waals surface area contributed by atoms with E-state index in [9.17, 15) is 8.42 Å². The molecule has 0 atom stereocenters. The Hall–Kier alpha value is -2.19. The second-order valence-corrected chi connectivity index (χ2v) is 10.3. The molecule has 0 saturated carbocycles. The van der Waals surface area contributed by atoms with Crippen LogP contribution in [0.25, 0.3) is 0 Å². The minimum Gasteiger partial charge on any atom is -0.354 e. The maximum absolute atomic E-state index is 13.1. The molecule has 1 aromatic carbocycles. The van der Waals surface area contributed by atoms with Gasteiger partial charge in [-0.15, -0.1) is 0 Å². The molecule has 1 aromatic heterocycles. The highest BCUT2D eigenvalue weighted by molar-refractivity contribution is 7.89. The highest BCUT2D eigenvalue weighted by Crippen LogP contribution is 2.24. The topological polar surface area (TPSA) is 69.6 Å². The highest BCUT2D eigenvalue weighted by Gasteiger charge is 2.29. The van der Waals surface area contributed by atoms with Gasteiger partial charge in [0, 0.05) is 51.0 Å². The summed E-state index contributed by atoms with van der Waals surface area (Å²) in [7, 11) is -3.47. The van der Waals surface area contributed by atoms with Crippen molar-refractivity contribution in [3.8, 4) is 0 Å². The molecule has 0 aliphatic carbocycles. The summed E-state index contributed by atoms with van der Waals surface area (Å²) in [4.78, 5) is 14.3. The zero-order valence-corrected chi connectivity index (χ0v) is 19.0. The Morgan fingerprint density at radius 3 is 2.13 bits per heavy atom. The number of hydrogen-bond acceptors (Lipinski definition) is 6. The zero-order valence-electron chi connectivity index (χ0n) is 18.1. The summed E-state index contributed by atoms with van der Waals surface area (Å²) in [5.41, 5.74) is 3.05. The van der Waals surface area contributed by atoms with Gasteiger partial charge in [-0.2, -0.15) is 9.29 Å². The molecule has 2 aliphatic rings. The lowest BCUT2D eigenvalue weighted by Crippen LogP contribution is -2.49. The van der Waals surface area contributed by atoms with Crippen LogP contribution in [0.3, 0.4) is 0 Å². The molecule has 7 nitrogen and oxygen atoms in total. The Kier molecular flexibility index (Phi) is 5.97. The normalized spacial score (nSPS) is 18.6. The van der Waals surface area contributed by atoms with Crippen LogP contribution >= 0.6 is 0 Å². The molecule has 2 saturated heterocycles. The average molecular weight is 430 g/mol. The lowest BCUT2D eigenvalue weighted by atomic mass is 10.1. The highest BCUT2D eigenvalue weighted by atomic mass is 32.2. The van der Waals surface area contributed by atoms with Crippen molar-refractivity contribution >= 4 is 21.8 Å². The lowest BCUT2D eigenvalue weighted by molar-refractivity contribution is 0.383. The van der Waals surface area contributed by atoms with Gasteiger partial charge in [-0.1, -0.05) is 6.07 Å². The third-order valence-electron chi connectivity index (χ3n) is 6.15. The minimum atomic E-state index is -3.47. The Bertz CT molecular complexity index is 1010. The van der Waals surface area contributed by atoms with Crippen LogP contribution in [-0.4, -0.2) is 62.0 Å². The predicted octanol–water partition coefficient (Wildman–Crippen LogP) is 2.90. The first kappa shape index (κ1) is 21.1. The number of benzene rings is 1. The summed E-state index contributed by atoms with van der Waals surface area (Å²) in [6, 6.07) is 7.36. The maximum Gasteiger partial charge on any atom is 0.243 e. The van der Waals surface area contributed by atoms with Gasteiger partial charge in [0.2, 0.25) is 16.0 Å². The van der Waals surface area contributed by atoms with E-state index in [0.29, 0.717) is 31.1 Å². The Labute approximate surface area is 179 Å². The van der Waals surface area contributed by atoms with E-state index in [4.69, 9.17) is 4.98 Å². The third-order valence-corrected chi connectivity index (χ3v) is 8.04. The molecule has 0 amide bonds. The van der Waals surface area contributed by atoms with Gasteiger partial charge in [-0.25, -0.2) is 13.4 Å².